The minimum absolute atomic E-state index is 0.0574. The molecule has 5 heteroatoms. The molecule has 2 aromatic carbocycles. The first-order valence-corrected chi connectivity index (χ1v) is 9.38. The Morgan fingerprint density at radius 2 is 1.76 bits per heavy atom. The molecule has 0 N–H and O–H groups in total. The van der Waals surface area contributed by atoms with Gasteiger partial charge in [0.2, 0.25) is 0 Å². The maximum atomic E-state index is 12.7. The Bertz CT molecular complexity index is 1230. The quantitative estimate of drug-likeness (QED) is 0.489. The Morgan fingerprint density at radius 1 is 1.00 bits per heavy atom. The fourth-order valence-corrected chi connectivity index (χ4v) is 3.24. The number of hydrogen-bond donors (Lipinski definition) is 0. The minimum Gasteiger partial charge on any atom is -0.456 e. The molecule has 0 saturated carbocycles. The van der Waals surface area contributed by atoms with Crippen LogP contribution in [0.3, 0.4) is 0 Å². The highest BCUT2D eigenvalue weighted by atomic mass is 16.5. The number of rotatable bonds is 5. The third kappa shape index (κ3) is 4.24. The van der Waals surface area contributed by atoms with Crippen molar-refractivity contribution >= 4 is 11.6 Å². The van der Waals surface area contributed by atoms with Crippen molar-refractivity contribution in [1.82, 2.24) is 9.38 Å². The van der Waals surface area contributed by atoms with Gasteiger partial charge in [0.15, 0.2) is 0 Å². The zero-order chi connectivity index (χ0) is 20.2. The zero-order valence-electron chi connectivity index (χ0n) is 16.0. The molecule has 0 spiro atoms. The van der Waals surface area contributed by atoms with Crippen LogP contribution >= 0.6 is 0 Å². The van der Waals surface area contributed by atoms with Gasteiger partial charge in [-0.25, -0.2) is 9.78 Å². The summed E-state index contributed by atoms with van der Waals surface area (Å²) in [6.45, 7) is 1.85. The summed E-state index contributed by atoms with van der Waals surface area (Å²) in [7, 11) is 0. The van der Waals surface area contributed by atoms with E-state index < -0.39 is 5.97 Å². The Morgan fingerprint density at radius 3 is 2.59 bits per heavy atom. The lowest BCUT2D eigenvalue weighted by atomic mass is 10.00. The summed E-state index contributed by atoms with van der Waals surface area (Å²) in [6.07, 6.45) is 2.38. The predicted octanol–water partition coefficient (Wildman–Crippen LogP) is 3.95. The van der Waals surface area contributed by atoms with Crippen molar-refractivity contribution in [3.63, 3.8) is 0 Å². The van der Waals surface area contributed by atoms with E-state index >= 15 is 0 Å². The molecule has 0 radical (unpaired) electrons. The molecule has 0 amide bonds. The van der Waals surface area contributed by atoms with Gasteiger partial charge in [-0.2, -0.15) is 0 Å². The minimum atomic E-state index is -0.428. The number of fused-ring (bicyclic) bond motifs is 1. The molecular weight excluding hydrogens is 364 g/mol. The second-order valence-corrected chi connectivity index (χ2v) is 6.92. The topological polar surface area (TPSA) is 60.7 Å². The number of carbonyl (C=O) groups is 1. The molecule has 4 rings (SSSR count). The summed E-state index contributed by atoms with van der Waals surface area (Å²) in [5.41, 5.74) is 4.25. The van der Waals surface area contributed by atoms with Gasteiger partial charge >= 0.3 is 5.97 Å². The fourth-order valence-electron chi connectivity index (χ4n) is 3.24. The van der Waals surface area contributed by atoms with Crippen LogP contribution in [0.5, 0.6) is 0 Å². The van der Waals surface area contributed by atoms with Gasteiger partial charge in [-0.15, -0.1) is 0 Å². The molecule has 0 saturated heterocycles. The molecule has 5 nitrogen and oxygen atoms in total. The Hall–Kier alpha value is -3.73. The summed E-state index contributed by atoms with van der Waals surface area (Å²) < 4.78 is 6.95. The van der Waals surface area contributed by atoms with Crippen LogP contribution in [-0.2, 0) is 17.8 Å². The van der Waals surface area contributed by atoms with Crippen molar-refractivity contribution in [3.05, 3.63) is 117 Å². The molecule has 144 valence electrons. The first-order valence-electron chi connectivity index (χ1n) is 9.38. The lowest BCUT2D eigenvalue weighted by Crippen LogP contribution is -2.17. The first kappa shape index (κ1) is 18.6. The van der Waals surface area contributed by atoms with Crippen molar-refractivity contribution in [2.24, 2.45) is 0 Å². The number of ether oxygens (including phenoxy) is 1. The van der Waals surface area contributed by atoms with Crippen LogP contribution in [0.2, 0.25) is 0 Å². The predicted molar refractivity (Wildman–Crippen MR) is 111 cm³/mol. The number of carbonyl (C=O) groups excluding carboxylic acids is 1. The molecule has 0 bridgehead atoms. The third-order valence-corrected chi connectivity index (χ3v) is 4.69. The van der Waals surface area contributed by atoms with Crippen LogP contribution in [0, 0.1) is 6.92 Å². The van der Waals surface area contributed by atoms with Gasteiger partial charge in [-0.1, -0.05) is 54.6 Å². The van der Waals surface area contributed by atoms with Crippen LogP contribution in [0.4, 0.5) is 0 Å². The maximum absolute atomic E-state index is 12.7. The second-order valence-electron chi connectivity index (χ2n) is 6.92. The van der Waals surface area contributed by atoms with Crippen LogP contribution in [-0.4, -0.2) is 15.4 Å². The molecule has 0 aliphatic heterocycles. The number of hydrogen-bond acceptors (Lipinski definition) is 4. The van der Waals surface area contributed by atoms with Crippen molar-refractivity contribution in [1.29, 1.82) is 0 Å². The molecule has 2 heterocycles. The van der Waals surface area contributed by atoms with Crippen LogP contribution < -0.4 is 5.56 Å². The Labute approximate surface area is 168 Å². The molecule has 0 aliphatic rings. The molecule has 0 aliphatic carbocycles. The zero-order valence-corrected chi connectivity index (χ0v) is 16.0. The molecule has 4 aromatic rings. The van der Waals surface area contributed by atoms with Crippen LogP contribution in [0.25, 0.3) is 5.65 Å². The van der Waals surface area contributed by atoms with E-state index in [4.69, 9.17) is 4.74 Å². The average molecular weight is 384 g/mol. The van der Waals surface area contributed by atoms with Gasteiger partial charge in [0.05, 0.1) is 11.3 Å². The Kier molecular flexibility index (Phi) is 5.20. The molecule has 0 fully saturated rings. The molecule has 0 unspecified atom stereocenters. The highest BCUT2D eigenvalue weighted by Crippen LogP contribution is 2.16. The van der Waals surface area contributed by atoms with Gasteiger partial charge in [0, 0.05) is 12.3 Å². The van der Waals surface area contributed by atoms with Gasteiger partial charge in [0.25, 0.3) is 5.56 Å². The smallest absolute Gasteiger partial charge is 0.338 e. The second kappa shape index (κ2) is 8.10. The van der Waals surface area contributed by atoms with Crippen LogP contribution in [0.1, 0.15) is 32.7 Å². The summed E-state index contributed by atoms with van der Waals surface area (Å²) >= 11 is 0. The highest BCUT2D eigenvalue weighted by molar-refractivity contribution is 5.91. The maximum Gasteiger partial charge on any atom is 0.338 e. The van der Waals surface area contributed by atoms with Gasteiger partial charge in [-0.3, -0.25) is 9.20 Å². The monoisotopic (exact) mass is 384 g/mol. The molecule has 2 aromatic heterocycles. The van der Waals surface area contributed by atoms with E-state index in [1.807, 2.05) is 61.5 Å². The largest absolute Gasteiger partial charge is 0.456 e. The Balaban J connectivity index is 1.53. The summed E-state index contributed by atoms with van der Waals surface area (Å²) in [5, 5.41) is 0. The van der Waals surface area contributed by atoms with Gasteiger partial charge in [-0.05, 0) is 42.2 Å². The van der Waals surface area contributed by atoms with Gasteiger partial charge < -0.3 is 4.74 Å². The standard InChI is InChI=1S/C24H20N2O3/c1-17-11-12-22-25-20(14-23(27)26(22)15-17)16-29-24(28)21-10-6-5-9-19(21)13-18-7-3-2-4-8-18/h2-12,14-15H,13,16H2,1H3. The lowest BCUT2D eigenvalue weighted by Gasteiger charge is -2.10. The number of aryl methyl sites for hydroxylation is 1. The van der Waals surface area contributed by atoms with Crippen LogP contribution in [0.15, 0.2) is 83.8 Å². The van der Waals surface area contributed by atoms with E-state index in [1.54, 1.807) is 18.3 Å². The SMILES string of the molecule is Cc1ccc2nc(COC(=O)c3ccccc3Cc3ccccc3)cc(=O)n2c1. The van der Waals surface area contributed by atoms with Crippen molar-refractivity contribution < 1.29 is 9.53 Å². The highest BCUT2D eigenvalue weighted by Gasteiger charge is 2.14. The summed E-state index contributed by atoms with van der Waals surface area (Å²) in [5.74, 6) is -0.428. The van der Waals surface area contributed by atoms with E-state index in [0.29, 0.717) is 23.3 Å². The lowest BCUT2D eigenvalue weighted by molar-refractivity contribution is 0.0466. The number of pyridine rings is 1. The van der Waals surface area contributed by atoms with Gasteiger partial charge in [0.1, 0.15) is 12.3 Å². The third-order valence-electron chi connectivity index (χ3n) is 4.69. The van der Waals surface area contributed by atoms with E-state index in [-0.39, 0.29) is 12.2 Å². The van der Waals surface area contributed by atoms with Crippen molar-refractivity contribution in [2.75, 3.05) is 0 Å². The molecular formula is C24H20N2O3. The van der Waals surface area contributed by atoms with E-state index in [9.17, 15) is 9.59 Å². The average Bonchev–Trinajstić information content (AvgIpc) is 2.74. The fraction of sp³-hybridized carbons (Fsp3) is 0.125. The number of aromatic nitrogens is 2. The molecule has 29 heavy (non-hydrogen) atoms. The number of nitrogens with zero attached hydrogens (tertiary/aromatic N) is 2. The van der Waals surface area contributed by atoms with E-state index in [1.165, 1.54) is 10.5 Å². The number of benzene rings is 2. The summed E-state index contributed by atoms with van der Waals surface area (Å²) in [4.78, 5) is 29.4. The van der Waals surface area contributed by atoms with E-state index in [0.717, 1.165) is 16.7 Å². The number of esters is 1. The van der Waals surface area contributed by atoms with Crippen molar-refractivity contribution in [2.45, 2.75) is 20.0 Å². The normalized spacial score (nSPS) is 10.8. The first-order chi connectivity index (χ1) is 14.1. The van der Waals surface area contributed by atoms with Crippen molar-refractivity contribution in [3.8, 4) is 0 Å². The summed E-state index contributed by atoms with van der Waals surface area (Å²) in [6, 6.07) is 22.4. The molecule has 0 atom stereocenters. The van der Waals surface area contributed by atoms with E-state index in [2.05, 4.69) is 4.98 Å².